The summed E-state index contributed by atoms with van der Waals surface area (Å²) in [4.78, 5) is 4.33. The zero-order valence-corrected chi connectivity index (χ0v) is 14.0. The van der Waals surface area contributed by atoms with Crippen molar-refractivity contribution in [2.75, 3.05) is 19.5 Å². The number of nitrogens with zero attached hydrogens (tertiary/aromatic N) is 2. The summed E-state index contributed by atoms with van der Waals surface area (Å²) in [6.45, 7) is 0.536. The van der Waals surface area contributed by atoms with Gasteiger partial charge in [-0.25, -0.2) is 0 Å². The van der Waals surface area contributed by atoms with Crippen molar-refractivity contribution in [2.24, 2.45) is 0 Å². The smallest absolute Gasteiger partial charge is 0.322 e. The molecule has 0 amide bonds. The topological polar surface area (TPSA) is 69.4 Å². The number of hydrogen-bond donors (Lipinski definition) is 1. The monoisotopic (exact) mass is 345 g/mol. The number of anilines is 1. The van der Waals surface area contributed by atoms with E-state index in [1.54, 1.807) is 26.4 Å². The van der Waals surface area contributed by atoms with Gasteiger partial charge in [0.1, 0.15) is 0 Å². The van der Waals surface area contributed by atoms with Crippen LogP contribution in [0, 0.1) is 0 Å². The lowest BCUT2D eigenvalue weighted by Gasteiger charge is -2.07. The normalized spacial score (nSPS) is 10.5. The molecule has 0 bridgehead atoms. The molecule has 1 heterocycles. The number of nitrogens with one attached hydrogen (secondary N) is 1. The highest BCUT2D eigenvalue weighted by atomic mass is 35.5. The van der Waals surface area contributed by atoms with Crippen LogP contribution in [0.5, 0.6) is 11.5 Å². The fourth-order valence-corrected chi connectivity index (χ4v) is 2.43. The summed E-state index contributed by atoms with van der Waals surface area (Å²) in [6.07, 6.45) is 0. The number of rotatable bonds is 6. The van der Waals surface area contributed by atoms with Crippen LogP contribution in [0.4, 0.5) is 6.01 Å². The standard InChI is InChI=1S/C17H16ClN3O3/c1-22-14-7-6-12(9-15(14)23-2)16-20-17(24-21-16)19-10-11-4-3-5-13(18)8-11/h3-9H,10H2,1-2H3,(H,19,20,21). The molecule has 0 fully saturated rings. The van der Waals surface area contributed by atoms with E-state index in [2.05, 4.69) is 15.5 Å². The fraction of sp³-hybridized carbons (Fsp3) is 0.176. The van der Waals surface area contributed by atoms with Gasteiger partial charge in [-0.2, -0.15) is 4.98 Å². The lowest BCUT2D eigenvalue weighted by Crippen LogP contribution is -1.99. The predicted octanol–water partition coefficient (Wildman–Crippen LogP) is 4.02. The molecule has 0 atom stereocenters. The van der Waals surface area contributed by atoms with Crippen LogP contribution in [-0.4, -0.2) is 24.4 Å². The van der Waals surface area contributed by atoms with Crippen LogP contribution < -0.4 is 14.8 Å². The van der Waals surface area contributed by atoms with Gasteiger partial charge in [0.15, 0.2) is 11.5 Å². The molecule has 0 unspecified atom stereocenters. The number of hydrogen-bond acceptors (Lipinski definition) is 6. The minimum atomic E-state index is 0.333. The Morgan fingerprint density at radius 2 is 1.92 bits per heavy atom. The van der Waals surface area contributed by atoms with Gasteiger partial charge < -0.3 is 19.3 Å². The van der Waals surface area contributed by atoms with E-state index in [1.807, 2.05) is 30.3 Å². The van der Waals surface area contributed by atoms with Crippen molar-refractivity contribution in [2.45, 2.75) is 6.54 Å². The van der Waals surface area contributed by atoms with Crippen molar-refractivity contribution in [3.8, 4) is 22.9 Å². The van der Waals surface area contributed by atoms with Crippen molar-refractivity contribution in [3.05, 3.63) is 53.1 Å². The average Bonchev–Trinajstić information content (AvgIpc) is 3.08. The van der Waals surface area contributed by atoms with Gasteiger partial charge in [0.05, 0.1) is 14.2 Å². The predicted molar refractivity (Wildman–Crippen MR) is 91.6 cm³/mol. The van der Waals surface area contributed by atoms with Crippen molar-refractivity contribution in [1.82, 2.24) is 10.1 Å². The Morgan fingerprint density at radius 1 is 1.08 bits per heavy atom. The van der Waals surface area contributed by atoms with E-state index < -0.39 is 0 Å². The molecular weight excluding hydrogens is 330 g/mol. The van der Waals surface area contributed by atoms with E-state index >= 15 is 0 Å². The zero-order chi connectivity index (χ0) is 16.9. The lowest BCUT2D eigenvalue weighted by molar-refractivity contribution is 0.355. The second-order valence-corrected chi connectivity index (χ2v) is 5.41. The van der Waals surface area contributed by atoms with Crippen LogP contribution in [0.15, 0.2) is 47.0 Å². The van der Waals surface area contributed by atoms with E-state index in [0.29, 0.717) is 34.9 Å². The van der Waals surface area contributed by atoms with Gasteiger partial charge in [0, 0.05) is 17.1 Å². The molecule has 3 aromatic rings. The second-order valence-electron chi connectivity index (χ2n) is 4.98. The van der Waals surface area contributed by atoms with Gasteiger partial charge in [-0.3, -0.25) is 0 Å². The van der Waals surface area contributed by atoms with Gasteiger partial charge >= 0.3 is 6.01 Å². The Balaban J connectivity index is 1.73. The Labute approximate surface area is 144 Å². The molecule has 2 aromatic carbocycles. The summed E-state index contributed by atoms with van der Waals surface area (Å²) >= 11 is 5.96. The first-order valence-electron chi connectivity index (χ1n) is 7.24. The van der Waals surface area contributed by atoms with Gasteiger partial charge in [0.25, 0.3) is 0 Å². The molecule has 0 spiro atoms. The van der Waals surface area contributed by atoms with Crippen LogP contribution in [0.3, 0.4) is 0 Å². The third-order valence-corrected chi connectivity index (χ3v) is 3.64. The highest BCUT2D eigenvalue weighted by Gasteiger charge is 2.12. The minimum Gasteiger partial charge on any atom is -0.493 e. The Morgan fingerprint density at radius 3 is 2.67 bits per heavy atom. The Bertz CT molecular complexity index is 835. The van der Waals surface area contributed by atoms with Crippen molar-refractivity contribution in [1.29, 1.82) is 0 Å². The van der Waals surface area contributed by atoms with Gasteiger partial charge in [-0.15, -0.1) is 0 Å². The largest absolute Gasteiger partial charge is 0.493 e. The van der Waals surface area contributed by atoms with Crippen LogP contribution in [-0.2, 0) is 6.54 Å². The molecule has 0 aliphatic heterocycles. The maximum absolute atomic E-state index is 5.96. The number of aromatic nitrogens is 2. The fourth-order valence-electron chi connectivity index (χ4n) is 2.21. The van der Waals surface area contributed by atoms with Crippen LogP contribution in [0.25, 0.3) is 11.4 Å². The molecular formula is C17H16ClN3O3. The molecule has 24 heavy (non-hydrogen) atoms. The van der Waals surface area contributed by atoms with E-state index in [-0.39, 0.29) is 0 Å². The van der Waals surface area contributed by atoms with Crippen LogP contribution in [0.1, 0.15) is 5.56 Å². The number of halogens is 1. The summed E-state index contributed by atoms with van der Waals surface area (Å²) < 4.78 is 15.7. The summed E-state index contributed by atoms with van der Waals surface area (Å²) in [5.41, 5.74) is 1.79. The molecule has 1 N–H and O–H groups in total. The maximum Gasteiger partial charge on any atom is 0.322 e. The van der Waals surface area contributed by atoms with Crippen LogP contribution in [0.2, 0.25) is 5.02 Å². The van der Waals surface area contributed by atoms with E-state index in [0.717, 1.165) is 11.1 Å². The van der Waals surface area contributed by atoms with Crippen molar-refractivity contribution in [3.63, 3.8) is 0 Å². The summed E-state index contributed by atoms with van der Waals surface area (Å²) in [7, 11) is 3.17. The van der Waals surface area contributed by atoms with Gasteiger partial charge in [-0.05, 0) is 35.9 Å². The van der Waals surface area contributed by atoms with E-state index in [1.165, 1.54) is 0 Å². The quantitative estimate of drug-likeness (QED) is 0.727. The minimum absolute atomic E-state index is 0.333. The van der Waals surface area contributed by atoms with E-state index in [4.69, 9.17) is 25.6 Å². The third-order valence-electron chi connectivity index (χ3n) is 3.40. The summed E-state index contributed by atoms with van der Waals surface area (Å²) in [5.74, 6) is 1.71. The van der Waals surface area contributed by atoms with Crippen molar-refractivity contribution >= 4 is 17.6 Å². The SMILES string of the molecule is COc1ccc(-c2noc(NCc3cccc(Cl)c3)n2)cc1OC. The molecule has 0 saturated heterocycles. The highest BCUT2D eigenvalue weighted by molar-refractivity contribution is 6.30. The second kappa shape index (κ2) is 7.23. The Hall–Kier alpha value is -2.73. The number of methoxy groups -OCH3 is 2. The first-order chi connectivity index (χ1) is 11.7. The van der Waals surface area contributed by atoms with Crippen molar-refractivity contribution < 1.29 is 14.0 Å². The molecule has 6 nitrogen and oxygen atoms in total. The van der Waals surface area contributed by atoms with Gasteiger partial charge in [0.2, 0.25) is 5.82 Å². The maximum atomic E-state index is 5.96. The molecule has 0 saturated carbocycles. The molecule has 7 heteroatoms. The molecule has 0 aliphatic carbocycles. The first kappa shape index (κ1) is 16.1. The molecule has 124 valence electrons. The summed E-state index contributed by atoms with van der Waals surface area (Å²) in [5, 5.41) is 7.74. The summed E-state index contributed by atoms with van der Waals surface area (Å²) in [6, 6.07) is 13.3. The zero-order valence-electron chi connectivity index (χ0n) is 13.2. The van der Waals surface area contributed by atoms with Gasteiger partial charge in [-0.1, -0.05) is 28.9 Å². The Kier molecular flexibility index (Phi) is 4.86. The average molecular weight is 346 g/mol. The van der Waals surface area contributed by atoms with E-state index in [9.17, 15) is 0 Å². The number of benzene rings is 2. The third kappa shape index (κ3) is 3.60. The molecule has 1 aromatic heterocycles. The molecule has 0 radical (unpaired) electrons. The highest BCUT2D eigenvalue weighted by Crippen LogP contribution is 2.31. The molecule has 3 rings (SSSR count). The molecule has 0 aliphatic rings. The number of ether oxygens (including phenoxy) is 2. The van der Waals surface area contributed by atoms with Crippen LogP contribution >= 0.6 is 11.6 Å². The lowest BCUT2D eigenvalue weighted by atomic mass is 10.2. The first-order valence-corrected chi connectivity index (χ1v) is 7.62.